The Balaban J connectivity index is 2.11. The Morgan fingerprint density at radius 2 is 1.83 bits per heavy atom. The number of hydrogen-bond donors (Lipinski definition) is 1. The van der Waals surface area contributed by atoms with Crippen LogP contribution in [-0.4, -0.2) is 39.8 Å². The van der Waals surface area contributed by atoms with Crippen LogP contribution in [0.4, 0.5) is 4.79 Å². The first-order chi connectivity index (χ1) is 10.8. The lowest BCUT2D eigenvalue weighted by molar-refractivity contribution is 0.00578. The van der Waals surface area contributed by atoms with Gasteiger partial charge in [0.1, 0.15) is 5.60 Å². The predicted molar refractivity (Wildman–Crippen MR) is 92.0 cm³/mol. The maximum absolute atomic E-state index is 11.9. The first-order valence-corrected chi connectivity index (χ1v) is 8.16. The van der Waals surface area contributed by atoms with E-state index in [1.165, 1.54) is 0 Å². The second-order valence-corrected chi connectivity index (χ2v) is 8.12. The van der Waals surface area contributed by atoms with Gasteiger partial charge in [0, 0.05) is 19.2 Å². The number of aromatic nitrogens is 2. The molecule has 2 rings (SSSR count). The van der Waals surface area contributed by atoms with Crippen molar-refractivity contribution in [1.82, 2.24) is 15.1 Å². The van der Waals surface area contributed by atoms with Gasteiger partial charge in [-0.25, -0.2) is 4.79 Å². The number of amides is 1. The van der Waals surface area contributed by atoms with Crippen molar-refractivity contribution in [3.63, 3.8) is 0 Å². The third kappa shape index (κ3) is 3.92. The summed E-state index contributed by atoms with van der Waals surface area (Å²) in [5.74, 6) is 0. The Morgan fingerprint density at radius 1 is 1.29 bits per heavy atom. The molecule has 134 valence electrons. The summed E-state index contributed by atoms with van der Waals surface area (Å²) in [5, 5.41) is 7.02. The molecule has 8 heteroatoms. The molecule has 1 amide bonds. The summed E-state index contributed by atoms with van der Waals surface area (Å²) in [5.41, 5.74) is 0.231. The van der Waals surface area contributed by atoms with E-state index in [2.05, 4.69) is 10.4 Å². The van der Waals surface area contributed by atoms with Gasteiger partial charge in [0.15, 0.2) is 0 Å². The van der Waals surface area contributed by atoms with Gasteiger partial charge in [-0.2, -0.15) is 5.10 Å². The van der Waals surface area contributed by atoms with Crippen LogP contribution in [0.5, 0.6) is 0 Å². The maximum Gasteiger partial charge on any atom is 0.514 e. The van der Waals surface area contributed by atoms with E-state index in [0.29, 0.717) is 6.54 Å². The Morgan fingerprint density at radius 3 is 2.33 bits per heavy atom. The Bertz CT molecular complexity index is 603. The molecule has 0 spiro atoms. The van der Waals surface area contributed by atoms with Gasteiger partial charge in [-0.1, -0.05) is 0 Å². The van der Waals surface area contributed by atoms with Crippen molar-refractivity contribution < 1.29 is 18.8 Å². The summed E-state index contributed by atoms with van der Waals surface area (Å²) < 4.78 is 19.2. The zero-order chi connectivity index (χ0) is 18.3. The van der Waals surface area contributed by atoms with Gasteiger partial charge in [-0.05, 0) is 48.5 Å². The highest BCUT2D eigenvalue weighted by Gasteiger charge is 2.53. The van der Waals surface area contributed by atoms with Crippen molar-refractivity contribution in [2.45, 2.75) is 71.8 Å². The minimum atomic E-state index is -0.534. The topological polar surface area (TPSA) is 74.6 Å². The van der Waals surface area contributed by atoms with Gasteiger partial charge >= 0.3 is 13.2 Å². The summed E-state index contributed by atoms with van der Waals surface area (Å²) >= 11 is 0. The fourth-order valence-electron chi connectivity index (χ4n) is 2.37. The van der Waals surface area contributed by atoms with Crippen molar-refractivity contribution >= 4 is 18.8 Å². The Labute approximate surface area is 144 Å². The zero-order valence-corrected chi connectivity index (χ0v) is 15.9. The molecule has 0 atom stereocenters. The van der Waals surface area contributed by atoms with E-state index in [-0.39, 0.29) is 0 Å². The lowest BCUT2D eigenvalue weighted by Gasteiger charge is -2.32. The van der Waals surface area contributed by atoms with E-state index in [9.17, 15) is 4.79 Å². The fourth-order valence-corrected chi connectivity index (χ4v) is 2.37. The van der Waals surface area contributed by atoms with Gasteiger partial charge in [-0.15, -0.1) is 0 Å². The number of alkyl carbamates (subject to hydrolysis) is 1. The summed E-state index contributed by atoms with van der Waals surface area (Å²) in [7, 11) is 1.30. The number of hydrogen-bond acceptors (Lipinski definition) is 5. The summed E-state index contributed by atoms with van der Waals surface area (Å²) in [6.07, 6.45) is 1.24. The molecule has 1 aliphatic rings. The molecule has 7 nitrogen and oxygen atoms in total. The number of ether oxygens (including phenoxy) is 1. The molecular formula is C16H28BN3O4. The molecular weight excluding hydrogens is 309 g/mol. The quantitative estimate of drug-likeness (QED) is 0.851. The molecule has 2 heterocycles. The highest BCUT2D eigenvalue weighted by Crippen LogP contribution is 2.36. The zero-order valence-electron chi connectivity index (χ0n) is 15.9. The predicted octanol–water partition coefficient (Wildman–Crippen LogP) is 1.74. The average molecular weight is 337 g/mol. The second-order valence-electron chi connectivity index (χ2n) is 8.12. The molecule has 0 saturated carbocycles. The smallest absolute Gasteiger partial charge is 0.444 e. The molecule has 1 aromatic heterocycles. The van der Waals surface area contributed by atoms with Crippen LogP contribution in [0.1, 0.15) is 54.0 Å². The summed E-state index contributed by atoms with van der Waals surface area (Å²) in [4.78, 5) is 11.9. The number of nitrogens with one attached hydrogen (secondary N) is 1. The van der Waals surface area contributed by atoms with Crippen LogP contribution in [0.15, 0.2) is 6.20 Å². The van der Waals surface area contributed by atoms with Crippen LogP contribution in [0.25, 0.3) is 0 Å². The molecule has 24 heavy (non-hydrogen) atoms. The van der Waals surface area contributed by atoms with Gasteiger partial charge in [0.2, 0.25) is 0 Å². The highest BCUT2D eigenvalue weighted by molar-refractivity contribution is 6.61. The van der Waals surface area contributed by atoms with Gasteiger partial charge < -0.3 is 19.4 Å². The van der Waals surface area contributed by atoms with E-state index < -0.39 is 30.0 Å². The molecule has 1 fully saturated rings. The summed E-state index contributed by atoms with van der Waals surface area (Å²) in [6, 6.07) is 0. The van der Waals surface area contributed by atoms with Gasteiger partial charge in [0.25, 0.3) is 0 Å². The standard InChI is InChI=1S/C16H28BN3O4/c1-14(2,3)22-13(21)18-9-11-10-19-20(8)12(11)17-23-15(4,5)16(6,7)24-17/h10H,9H2,1-8H3,(H,18,21). The minimum Gasteiger partial charge on any atom is -0.444 e. The minimum absolute atomic E-state index is 0.294. The second kappa shape index (κ2) is 6.08. The third-order valence-electron chi connectivity index (χ3n) is 4.36. The average Bonchev–Trinajstić information content (AvgIpc) is 2.82. The normalized spacial score (nSPS) is 19.4. The molecule has 0 radical (unpaired) electrons. The molecule has 1 saturated heterocycles. The Kier molecular flexibility index (Phi) is 4.76. The van der Waals surface area contributed by atoms with Crippen LogP contribution in [0, 0.1) is 0 Å². The van der Waals surface area contributed by atoms with E-state index in [1.807, 2.05) is 55.5 Å². The van der Waals surface area contributed by atoms with Crippen LogP contribution >= 0.6 is 0 Å². The molecule has 0 aromatic carbocycles. The largest absolute Gasteiger partial charge is 0.514 e. The molecule has 0 unspecified atom stereocenters. The van der Waals surface area contributed by atoms with Crippen LogP contribution < -0.4 is 10.9 Å². The van der Waals surface area contributed by atoms with Crippen molar-refractivity contribution in [3.05, 3.63) is 11.8 Å². The lowest BCUT2D eigenvalue weighted by atomic mass is 9.81. The molecule has 1 aliphatic heterocycles. The van der Waals surface area contributed by atoms with Crippen molar-refractivity contribution in [3.8, 4) is 0 Å². The van der Waals surface area contributed by atoms with E-state index in [0.717, 1.165) is 11.2 Å². The van der Waals surface area contributed by atoms with Crippen molar-refractivity contribution in [2.24, 2.45) is 7.05 Å². The van der Waals surface area contributed by atoms with Crippen LogP contribution in [0.2, 0.25) is 0 Å². The van der Waals surface area contributed by atoms with E-state index in [1.54, 1.807) is 10.9 Å². The van der Waals surface area contributed by atoms with Crippen LogP contribution in [0.3, 0.4) is 0 Å². The number of rotatable bonds is 3. The lowest BCUT2D eigenvalue weighted by Crippen LogP contribution is -2.42. The monoisotopic (exact) mass is 337 g/mol. The first-order valence-electron chi connectivity index (χ1n) is 8.16. The molecule has 0 bridgehead atoms. The van der Waals surface area contributed by atoms with Crippen molar-refractivity contribution in [1.29, 1.82) is 0 Å². The number of carbonyl (C=O) groups is 1. The van der Waals surface area contributed by atoms with Gasteiger partial charge in [-0.3, -0.25) is 4.68 Å². The highest BCUT2D eigenvalue weighted by atomic mass is 16.7. The van der Waals surface area contributed by atoms with Crippen LogP contribution in [-0.2, 0) is 27.6 Å². The molecule has 0 aliphatic carbocycles. The third-order valence-corrected chi connectivity index (χ3v) is 4.36. The summed E-state index contributed by atoms with van der Waals surface area (Å²) in [6.45, 7) is 13.8. The SMILES string of the molecule is Cn1ncc(CNC(=O)OC(C)(C)C)c1B1OC(C)(C)C(C)(C)O1. The number of carbonyl (C=O) groups excluding carboxylic acids is 1. The van der Waals surface area contributed by atoms with Gasteiger partial charge in [0.05, 0.1) is 23.0 Å². The van der Waals surface area contributed by atoms with Crippen molar-refractivity contribution in [2.75, 3.05) is 0 Å². The number of nitrogens with zero attached hydrogens (tertiary/aromatic N) is 2. The van der Waals surface area contributed by atoms with E-state index in [4.69, 9.17) is 14.0 Å². The Hall–Kier alpha value is -1.54. The maximum atomic E-state index is 11.9. The first kappa shape index (κ1) is 18.8. The fraction of sp³-hybridized carbons (Fsp3) is 0.750. The number of aryl methyl sites for hydroxylation is 1. The molecule has 1 N–H and O–H groups in total. The van der Waals surface area contributed by atoms with E-state index >= 15 is 0 Å². The molecule has 1 aromatic rings.